The number of hydrogen-bond acceptors (Lipinski definition) is 1. The standard InChI is InChI=1S/C18H17F3S/c1-12-9-10-13(2)16(11-12)17(14(3)22-18(19,20)21)15-7-5-4-6-8-15/h4-11H,1-3H3/b17-14-. The van der Waals surface area contributed by atoms with Crippen molar-refractivity contribution in [2.45, 2.75) is 26.3 Å². The van der Waals surface area contributed by atoms with Crippen LogP contribution in [0.2, 0.25) is 0 Å². The minimum atomic E-state index is -4.29. The zero-order valence-electron chi connectivity index (χ0n) is 12.7. The number of rotatable bonds is 3. The fourth-order valence-corrected chi connectivity index (χ4v) is 3.06. The van der Waals surface area contributed by atoms with E-state index < -0.39 is 5.51 Å². The van der Waals surface area contributed by atoms with Crippen LogP contribution in [0.15, 0.2) is 53.4 Å². The van der Waals surface area contributed by atoms with Crippen molar-refractivity contribution in [1.82, 2.24) is 0 Å². The Labute approximate surface area is 133 Å². The Morgan fingerprint density at radius 1 is 0.955 bits per heavy atom. The summed E-state index contributed by atoms with van der Waals surface area (Å²) in [6.45, 7) is 5.39. The number of alkyl halides is 3. The van der Waals surface area contributed by atoms with Crippen molar-refractivity contribution >= 4 is 17.3 Å². The number of aryl methyl sites for hydroxylation is 2. The lowest BCUT2D eigenvalue weighted by molar-refractivity contribution is -0.0321. The fourth-order valence-electron chi connectivity index (χ4n) is 2.38. The van der Waals surface area contributed by atoms with Crippen LogP contribution in [-0.2, 0) is 0 Å². The van der Waals surface area contributed by atoms with Crippen LogP contribution in [0.4, 0.5) is 13.2 Å². The van der Waals surface area contributed by atoms with E-state index >= 15 is 0 Å². The highest BCUT2D eigenvalue weighted by Gasteiger charge is 2.30. The molecule has 0 bridgehead atoms. The van der Waals surface area contributed by atoms with Crippen LogP contribution >= 0.6 is 11.8 Å². The lowest BCUT2D eigenvalue weighted by atomic mass is 9.93. The van der Waals surface area contributed by atoms with Crippen molar-refractivity contribution in [2.24, 2.45) is 0 Å². The first-order chi connectivity index (χ1) is 10.3. The Morgan fingerprint density at radius 2 is 1.59 bits per heavy atom. The monoisotopic (exact) mass is 322 g/mol. The van der Waals surface area contributed by atoms with Gasteiger partial charge in [0.25, 0.3) is 0 Å². The van der Waals surface area contributed by atoms with Crippen molar-refractivity contribution in [3.05, 3.63) is 75.7 Å². The molecule has 2 rings (SSSR count). The molecule has 0 radical (unpaired) electrons. The fraction of sp³-hybridized carbons (Fsp3) is 0.222. The maximum Gasteiger partial charge on any atom is 0.446 e. The number of allylic oxidation sites excluding steroid dienone is 1. The molecule has 22 heavy (non-hydrogen) atoms. The van der Waals surface area contributed by atoms with Gasteiger partial charge in [0, 0.05) is 0 Å². The molecule has 0 aliphatic heterocycles. The normalized spacial score (nSPS) is 13.0. The van der Waals surface area contributed by atoms with E-state index in [4.69, 9.17) is 0 Å². The number of thioether (sulfide) groups is 1. The quantitative estimate of drug-likeness (QED) is 0.635. The highest BCUT2D eigenvalue weighted by atomic mass is 32.2. The average Bonchev–Trinajstić information content (AvgIpc) is 2.42. The SMILES string of the molecule is C/C(SC(F)(F)F)=C(\c1ccccc1)c1cc(C)ccc1C. The van der Waals surface area contributed by atoms with Crippen LogP contribution in [-0.4, -0.2) is 5.51 Å². The van der Waals surface area contributed by atoms with Gasteiger partial charge in [0.2, 0.25) is 0 Å². The Morgan fingerprint density at radius 3 is 2.18 bits per heavy atom. The molecule has 0 unspecified atom stereocenters. The second-order valence-electron chi connectivity index (χ2n) is 5.16. The molecule has 0 amide bonds. The molecule has 0 heterocycles. The van der Waals surface area contributed by atoms with E-state index in [0.29, 0.717) is 5.57 Å². The van der Waals surface area contributed by atoms with Crippen molar-refractivity contribution in [2.75, 3.05) is 0 Å². The summed E-state index contributed by atoms with van der Waals surface area (Å²) in [5.74, 6) is 0. The smallest absolute Gasteiger partial charge is 0.160 e. The number of benzene rings is 2. The van der Waals surface area contributed by atoms with Crippen LogP contribution < -0.4 is 0 Å². The van der Waals surface area contributed by atoms with Crippen molar-refractivity contribution < 1.29 is 13.2 Å². The summed E-state index contributed by atoms with van der Waals surface area (Å²) >= 11 is -0.0513. The third-order valence-corrected chi connectivity index (χ3v) is 4.09. The predicted octanol–water partition coefficient (Wildman–Crippen LogP) is 6.34. The molecule has 0 aliphatic carbocycles. The summed E-state index contributed by atoms with van der Waals surface area (Å²) in [5.41, 5.74) is -0.0117. The molecule has 4 heteroatoms. The van der Waals surface area contributed by atoms with Crippen molar-refractivity contribution in [3.63, 3.8) is 0 Å². The van der Waals surface area contributed by atoms with E-state index in [1.807, 2.05) is 62.4 Å². The molecule has 116 valence electrons. The van der Waals surface area contributed by atoms with Gasteiger partial charge < -0.3 is 0 Å². The minimum Gasteiger partial charge on any atom is -0.160 e. The van der Waals surface area contributed by atoms with Gasteiger partial charge in [-0.3, -0.25) is 0 Å². The van der Waals surface area contributed by atoms with Gasteiger partial charge in [-0.1, -0.05) is 54.1 Å². The van der Waals surface area contributed by atoms with Gasteiger partial charge >= 0.3 is 5.51 Å². The van der Waals surface area contributed by atoms with Crippen molar-refractivity contribution in [1.29, 1.82) is 0 Å². The molecule has 2 aromatic rings. The summed E-state index contributed by atoms with van der Waals surface area (Å²) in [4.78, 5) is 0.257. The molecule has 0 aromatic heterocycles. The third-order valence-electron chi connectivity index (χ3n) is 3.35. The third kappa shape index (κ3) is 4.17. The first-order valence-corrected chi connectivity index (χ1v) is 7.69. The molecule has 0 aliphatic rings. The number of hydrogen-bond donors (Lipinski definition) is 0. The Kier molecular flexibility index (Phi) is 5.01. The number of halogens is 3. The molecule has 0 saturated carbocycles. The summed E-state index contributed by atoms with van der Waals surface area (Å²) in [6.07, 6.45) is 0. The average molecular weight is 322 g/mol. The Hall–Kier alpha value is -1.68. The molecule has 2 aromatic carbocycles. The highest BCUT2D eigenvalue weighted by molar-refractivity contribution is 8.04. The van der Waals surface area contributed by atoms with Crippen LogP contribution in [0.3, 0.4) is 0 Å². The molecule has 0 N–H and O–H groups in total. The summed E-state index contributed by atoms with van der Waals surface area (Å²) in [5, 5.41) is 0. The van der Waals surface area contributed by atoms with Gasteiger partial charge in [0.1, 0.15) is 0 Å². The zero-order valence-corrected chi connectivity index (χ0v) is 13.5. The molecular formula is C18H17F3S. The van der Waals surface area contributed by atoms with Crippen LogP contribution in [0.25, 0.3) is 5.57 Å². The molecule has 0 spiro atoms. The largest absolute Gasteiger partial charge is 0.446 e. The summed E-state index contributed by atoms with van der Waals surface area (Å²) in [6, 6.07) is 15.1. The van der Waals surface area contributed by atoms with Crippen LogP contribution in [0.5, 0.6) is 0 Å². The van der Waals surface area contributed by atoms with E-state index in [-0.39, 0.29) is 16.7 Å². The molecule has 0 saturated heterocycles. The topological polar surface area (TPSA) is 0 Å². The van der Waals surface area contributed by atoms with E-state index in [0.717, 1.165) is 22.3 Å². The lowest BCUT2D eigenvalue weighted by Crippen LogP contribution is -2.02. The predicted molar refractivity (Wildman–Crippen MR) is 87.7 cm³/mol. The highest BCUT2D eigenvalue weighted by Crippen LogP contribution is 2.42. The van der Waals surface area contributed by atoms with E-state index in [9.17, 15) is 13.2 Å². The van der Waals surface area contributed by atoms with Crippen LogP contribution in [0.1, 0.15) is 29.2 Å². The van der Waals surface area contributed by atoms with Gasteiger partial charge in [0.15, 0.2) is 0 Å². The minimum absolute atomic E-state index is 0.0513. The summed E-state index contributed by atoms with van der Waals surface area (Å²) < 4.78 is 38.4. The molecule has 0 fully saturated rings. The molecular weight excluding hydrogens is 305 g/mol. The lowest BCUT2D eigenvalue weighted by Gasteiger charge is -2.17. The second-order valence-corrected chi connectivity index (χ2v) is 6.44. The van der Waals surface area contributed by atoms with Crippen molar-refractivity contribution in [3.8, 4) is 0 Å². The van der Waals surface area contributed by atoms with Gasteiger partial charge in [-0.15, -0.1) is 0 Å². The second kappa shape index (κ2) is 6.61. The summed E-state index contributed by atoms with van der Waals surface area (Å²) in [7, 11) is 0. The maximum atomic E-state index is 12.8. The first-order valence-electron chi connectivity index (χ1n) is 6.87. The van der Waals surface area contributed by atoms with Gasteiger partial charge in [-0.2, -0.15) is 13.2 Å². The van der Waals surface area contributed by atoms with Gasteiger partial charge in [0.05, 0.1) is 0 Å². The Bertz CT molecular complexity index is 685. The first kappa shape index (κ1) is 16.7. The van der Waals surface area contributed by atoms with Gasteiger partial charge in [-0.05, 0) is 59.7 Å². The van der Waals surface area contributed by atoms with E-state index in [2.05, 4.69) is 0 Å². The van der Waals surface area contributed by atoms with Gasteiger partial charge in [-0.25, -0.2) is 0 Å². The molecule has 0 atom stereocenters. The van der Waals surface area contributed by atoms with E-state index in [1.165, 1.54) is 6.92 Å². The maximum absolute atomic E-state index is 12.8. The van der Waals surface area contributed by atoms with E-state index in [1.54, 1.807) is 0 Å². The zero-order chi connectivity index (χ0) is 16.3. The molecule has 0 nitrogen and oxygen atoms in total. The van der Waals surface area contributed by atoms with Crippen LogP contribution in [0, 0.1) is 13.8 Å². The Balaban J connectivity index is 2.66.